The molecule has 2 saturated carbocycles. The second kappa shape index (κ2) is 4.21. The molecule has 1 heteroatoms. The summed E-state index contributed by atoms with van der Waals surface area (Å²) in [6, 6.07) is 9.73. The maximum atomic E-state index is 5.88. The van der Waals surface area contributed by atoms with Crippen LogP contribution >= 0.6 is 0 Å². The highest BCUT2D eigenvalue weighted by Gasteiger charge is 2.34. The third kappa shape index (κ3) is 2.01. The van der Waals surface area contributed by atoms with Crippen molar-refractivity contribution in [1.29, 1.82) is 0 Å². The summed E-state index contributed by atoms with van der Waals surface area (Å²) in [7, 11) is 0. The van der Waals surface area contributed by atoms with E-state index in [9.17, 15) is 0 Å². The molecule has 0 aromatic heterocycles. The summed E-state index contributed by atoms with van der Waals surface area (Å²) in [5, 5.41) is 0. The molecule has 0 heterocycles. The molecule has 0 aliphatic heterocycles. The molecular weight excluding hydrogens is 194 g/mol. The molecule has 2 N–H and O–H groups in total. The van der Waals surface area contributed by atoms with Gasteiger partial charge in [0.25, 0.3) is 0 Å². The van der Waals surface area contributed by atoms with Gasteiger partial charge in [0.05, 0.1) is 0 Å². The van der Waals surface area contributed by atoms with Crippen LogP contribution in [0.3, 0.4) is 0 Å². The summed E-state index contributed by atoms with van der Waals surface area (Å²) >= 11 is 0. The minimum atomic E-state index is 0.431. The minimum Gasteiger partial charge on any atom is -0.327 e. The normalized spacial score (nSPS) is 30.3. The molecule has 0 bridgehead atoms. The third-order valence-corrected chi connectivity index (χ3v) is 4.28. The van der Waals surface area contributed by atoms with Crippen molar-refractivity contribution in [1.82, 2.24) is 0 Å². The van der Waals surface area contributed by atoms with E-state index in [4.69, 9.17) is 5.73 Å². The largest absolute Gasteiger partial charge is 0.327 e. The second-order valence-corrected chi connectivity index (χ2v) is 5.51. The predicted octanol–water partition coefficient (Wildman–Crippen LogP) is 3.55. The van der Waals surface area contributed by atoms with Crippen LogP contribution in [0, 0.1) is 0 Å². The monoisotopic (exact) mass is 215 g/mol. The van der Waals surface area contributed by atoms with Crippen LogP contribution in [0.5, 0.6) is 0 Å². The predicted molar refractivity (Wildman–Crippen MR) is 67.6 cm³/mol. The first-order valence-electron chi connectivity index (χ1n) is 6.70. The molecule has 2 aliphatic carbocycles. The number of nitrogens with two attached hydrogens (primary N) is 1. The summed E-state index contributed by atoms with van der Waals surface area (Å²) in [5.41, 5.74) is 8.88. The highest BCUT2D eigenvalue weighted by atomic mass is 14.7. The van der Waals surface area contributed by atoms with Gasteiger partial charge in [-0.2, -0.15) is 0 Å². The van der Waals surface area contributed by atoms with E-state index in [0.29, 0.717) is 12.0 Å². The maximum absolute atomic E-state index is 5.88. The first kappa shape index (κ1) is 10.3. The standard InChI is InChI=1S/C15H21N/c16-15-10-14(15)13-8-6-12(7-9-13)11-4-2-1-3-5-11/h6-9,11,14-15H,1-5,10,16H2. The molecule has 2 atom stereocenters. The smallest absolute Gasteiger partial charge is 0.0115 e. The molecule has 86 valence electrons. The number of hydrogen-bond donors (Lipinski definition) is 1. The lowest BCUT2D eigenvalue weighted by molar-refractivity contribution is 0.443. The van der Waals surface area contributed by atoms with Crippen LogP contribution in [0.4, 0.5) is 0 Å². The Morgan fingerprint density at radius 1 is 0.875 bits per heavy atom. The lowest BCUT2D eigenvalue weighted by Gasteiger charge is -2.22. The molecule has 0 amide bonds. The van der Waals surface area contributed by atoms with E-state index in [-0.39, 0.29) is 0 Å². The van der Waals surface area contributed by atoms with Gasteiger partial charge in [0.1, 0.15) is 0 Å². The van der Waals surface area contributed by atoms with Gasteiger partial charge in [0, 0.05) is 12.0 Å². The minimum absolute atomic E-state index is 0.431. The molecule has 2 fully saturated rings. The Hall–Kier alpha value is -0.820. The van der Waals surface area contributed by atoms with Crippen molar-refractivity contribution in [2.45, 2.75) is 56.4 Å². The maximum Gasteiger partial charge on any atom is 0.0115 e. The summed E-state index contributed by atoms with van der Waals surface area (Å²) in [5.74, 6) is 1.48. The molecule has 1 aromatic carbocycles. The highest BCUT2D eigenvalue weighted by Crippen LogP contribution is 2.40. The van der Waals surface area contributed by atoms with E-state index >= 15 is 0 Å². The molecule has 1 aromatic rings. The average molecular weight is 215 g/mol. The topological polar surface area (TPSA) is 26.0 Å². The van der Waals surface area contributed by atoms with Gasteiger partial charge < -0.3 is 5.73 Å². The molecular formula is C15H21N. The van der Waals surface area contributed by atoms with Gasteiger partial charge in [-0.25, -0.2) is 0 Å². The van der Waals surface area contributed by atoms with Crippen molar-refractivity contribution in [3.05, 3.63) is 35.4 Å². The first-order valence-corrected chi connectivity index (χ1v) is 6.70. The van der Waals surface area contributed by atoms with Gasteiger partial charge in [0.2, 0.25) is 0 Å². The summed E-state index contributed by atoms with van der Waals surface area (Å²) in [4.78, 5) is 0. The fraction of sp³-hybridized carbons (Fsp3) is 0.600. The zero-order valence-corrected chi connectivity index (χ0v) is 9.86. The number of rotatable bonds is 2. The zero-order chi connectivity index (χ0) is 11.0. The highest BCUT2D eigenvalue weighted by molar-refractivity contribution is 5.32. The average Bonchev–Trinajstić information content (AvgIpc) is 3.08. The van der Waals surface area contributed by atoms with Crippen molar-refractivity contribution in [3.8, 4) is 0 Å². The van der Waals surface area contributed by atoms with E-state index in [0.717, 1.165) is 5.92 Å². The quantitative estimate of drug-likeness (QED) is 0.802. The van der Waals surface area contributed by atoms with Crippen molar-refractivity contribution >= 4 is 0 Å². The molecule has 0 radical (unpaired) electrons. The Labute approximate surface area is 98.0 Å². The lowest BCUT2D eigenvalue weighted by atomic mass is 9.84. The molecule has 1 nitrogen and oxygen atoms in total. The Morgan fingerprint density at radius 2 is 1.44 bits per heavy atom. The van der Waals surface area contributed by atoms with E-state index in [1.54, 1.807) is 5.56 Å². The van der Waals surface area contributed by atoms with Gasteiger partial charge in [-0.3, -0.25) is 0 Å². The number of benzene rings is 1. The van der Waals surface area contributed by atoms with Gasteiger partial charge in [-0.15, -0.1) is 0 Å². The number of hydrogen-bond acceptors (Lipinski definition) is 1. The molecule has 0 spiro atoms. The van der Waals surface area contributed by atoms with Gasteiger partial charge in [-0.1, -0.05) is 43.5 Å². The SMILES string of the molecule is NC1CC1c1ccc(C2CCCCC2)cc1. The van der Waals surface area contributed by atoms with Crippen molar-refractivity contribution in [2.75, 3.05) is 0 Å². The fourth-order valence-electron chi connectivity index (χ4n) is 3.05. The van der Waals surface area contributed by atoms with Crippen LogP contribution in [0.2, 0.25) is 0 Å². The lowest BCUT2D eigenvalue weighted by Crippen LogP contribution is -2.05. The second-order valence-electron chi connectivity index (χ2n) is 5.51. The van der Waals surface area contributed by atoms with Crippen LogP contribution < -0.4 is 5.73 Å². The molecule has 2 aliphatic rings. The summed E-state index contributed by atoms with van der Waals surface area (Å²) < 4.78 is 0. The van der Waals surface area contributed by atoms with Crippen molar-refractivity contribution < 1.29 is 0 Å². The van der Waals surface area contributed by atoms with Crippen LogP contribution in [0.15, 0.2) is 24.3 Å². The Morgan fingerprint density at radius 3 is 2.00 bits per heavy atom. The van der Waals surface area contributed by atoms with E-state index < -0.39 is 0 Å². The Kier molecular flexibility index (Phi) is 2.72. The van der Waals surface area contributed by atoms with E-state index in [2.05, 4.69) is 24.3 Å². The fourth-order valence-corrected chi connectivity index (χ4v) is 3.05. The van der Waals surface area contributed by atoms with Crippen LogP contribution in [-0.4, -0.2) is 6.04 Å². The van der Waals surface area contributed by atoms with E-state index in [1.165, 1.54) is 44.1 Å². The zero-order valence-electron chi connectivity index (χ0n) is 9.86. The molecule has 16 heavy (non-hydrogen) atoms. The first-order chi connectivity index (χ1) is 7.84. The van der Waals surface area contributed by atoms with Crippen LogP contribution in [0.1, 0.15) is 61.5 Å². The third-order valence-electron chi connectivity index (χ3n) is 4.28. The molecule has 3 rings (SSSR count). The van der Waals surface area contributed by atoms with Crippen molar-refractivity contribution in [3.63, 3.8) is 0 Å². The van der Waals surface area contributed by atoms with Gasteiger partial charge in [-0.05, 0) is 36.3 Å². The molecule has 2 unspecified atom stereocenters. The van der Waals surface area contributed by atoms with Crippen molar-refractivity contribution in [2.24, 2.45) is 5.73 Å². The Bertz CT molecular complexity index is 348. The van der Waals surface area contributed by atoms with Crippen LogP contribution in [-0.2, 0) is 0 Å². The molecule has 0 saturated heterocycles. The van der Waals surface area contributed by atoms with Crippen LogP contribution in [0.25, 0.3) is 0 Å². The Balaban J connectivity index is 1.71. The summed E-state index contributed by atoms with van der Waals surface area (Å²) in [6.45, 7) is 0. The summed E-state index contributed by atoms with van der Waals surface area (Å²) in [6.07, 6.45) is 8.23. The van der Waals surface area contributed by atoms with Gasteiger partial charge in [0.15, 0.2) is 0 Å². The van der Waals surface area contributed by atoms with E-state index in [1.807, 2.05) is 0 Å². The van der Waals surface area contributed by atoms with Gasteiger partial charge >= 0.3 is 0 Å².